The monoisotopic (exact) mass is 564 g/mol. The van der Waals surface area contributed by atoms with Crippen LogP contribution in [0.25, 0.3) is 0 Å². The molecule has 2 aromatic carbocycles. The summed E-state index contributed by atoms with van der Waals surface area (Å²) in [5, 5.41) is 0. The number of hydrogen-bond donors (Lipinski definition) is 0. The third-order valence-corrected chi connectivity index (χ3v) is 9.22. The number of ketones is 2. The Bertz CT molecular complexity index is 984. The quantitative estimate of drug-likeness (QED) is 0.128. The van der Waals surface area contributed by atoms with E-state index in [4.69, 9.17) is 0 Å². The fourth-order valence-corrected chi connectivity index (χ4v) is 6.34. The van der Waals surface area contributed by atoms with E-state index < -0.39 is 0 Å². The molecule has 0 fully saturated rings. The minimum atomic E-state index is 0.233. The maximum atomic E-state index is 13.1. The molecule has 1 heterocycles. The summed E-state index contributed by atoms with van der Waals surface area (Å²) in [5.41, 5.74) is 4.04. The molecule has 40 heavy (non-hydrogen) atoms. The Morgan fingerprint density at radius 2 is 0.975 bits per heavy atom. The van der Waals surface area contributed by atoms with Crippen molar-refractivity contribution in [3.8, 4) is 0 Å². The average molecular weight is 565 g/mol. The SMILES string of the molecule is CCCCN(CCCC)CCC(=O)c1ccc2c(c1)Cc1cc(C(=O)CCN(CCCC)CCCC)ccc1S2. The smallest absolute Gasteiger partial charge is 0.164 e. The first kappa shape index (κ1) is 32.6. The maximum Gasteiger partial charge on any atom is 0.164 e. The van der Waals surface area contributed by atoms with Gasteiger partial charge < -0.3 is 9.80 Å². The summed E-state index contributed by atoms with van der Waals surface area (Å²) >= 11 is 1.76. The Balaban J connectivity index is 1.62. The first-order valence-electron chi connectivity index (χ1n) is 15.9. The van der Waals surface area contributed by atoms with Gasteiger partial charge in [0.15, 0.2) is 11.6 Å². The summed E-state index contributed by atoms with van der Waals surface area (Å²) in [6.07, 6.45) is 11.4. The van der Waals surface area contributed by atoms with Crippen LogP contribution in [0.3, 0.4) is 0 Å². The van der Waals surface area contributed by atoms with E-state index in [0.29, 0.717) is 12.8 Å². The van der Waals surface area contributed by atoms with Gasteiger partial charge in [0.05, 0.1) is 0 Å². The maximum absolute atomic E-state index is 13.1. The zero-order valence-corrected chi connectivity index (χ0v) is 26.4. The molecule has 0 bridgehead atoms. The van der Waals surface area contributed by atoms with Gasteiger partial charge in [0.2, 0.25) is 0 Å². The van der Waals surface area contributed by atoms with Gasteiger partial charge in [-0.1, -0.05) is 77.3 Å². The Morgan fingerprint density at radius 1 is 0.600 bits per heavy atom. The van der Waals surface area contributed by atoms with Gasteiger partial charge in [-0.2, -0.15) is 0 Å². The van der Waals surface area contributed by atoms with Gasteiger partial charge in [0.1, 0.15) is 0 Å². The molecule has 0 aliphatic carbocycles. The molecule has 0 saturated heterocycles. The van der Waals surface area contributed by atoms with Crippen LogP contribution in [-0.4, -0.2) is 60.6 Å². The van der Waals surface area contributed by atoms with Gasteiger partial charge >= 0.3 is 0 Å². The second-order valence-corrected chi connectivity index (χ2v) is 12.5. The predicted molar refractivity (Wildman–Crippen MR) is 170 cm³/mol. The molecule has 0 spiro atoms. The number of benzene rings is 2. The number of rotatable bonds is 20. The number of hydrogen-bond acceptors (Lipinski definition) is 5. The zero-order valence-electron chi connectivity index (χ0n) is 25.6. The molecule has 3 rings (SSSR count). The summed E-state index contributed by atoms with van der Waals surface area (Å²) in [7, 11) is 0. The van der Waals surface area contributed by atoms with Gasteiger partial charge in [-0.3, -0.25) is 9.59 Å². The van der Waals surface area contributed by atoms with E-state index in [-0.39, 0.29) is 11.6 Å². The molecule has 0 N–H and O–H groups in total. The van der Waals surface area contributed by atoms with Crippen molar-refractivity contribution in [2.75, 3.05) is 39.3 Å². The topological polar surface area (TPSA) is 40.6 Å². The molecule has 5 heteroatoms. The van der Waals surface area contributed by atoms with Crippen LogP contribution in [0.2, 0.25) is 0 Å². The molecule has 0 atom stereocenters. The third-order valence-electron chi connectivity index (χ3n) is 7.99. The first-order valence-corrected chi connectivity index (χ1v) is 16.7. The van der Waals surface area contributed by atoms with E-state index in [1.807, 2.05) is 12.1 Å². The highest BCUT2D eigenvalue weighted by Crippen LogP contribution is 2.40. The van der Waals surface area contributed by atoms with Crippen LogP contribution in [0, 0.1) is 0 Å². The van der Waals surface area contributed by atoms with Crippen molar-refractivity contribution in [2.24, 2.45) is 0 Å². The number of unbranched alkanes of at least 4 members (excludes halogenated alkanes) is 4. The lowest BCUT2D eigenvalue weighted by Crippen LogP contribution is -2.28. The zero-order chi connectivity index (χ0) is 28.7. The summed E-state index contributed by atoms with van der Waals surface area (Å²) in [4.78, 5) is 33.7. The molecule has 0 saturated carbocycles. The van der Waals surface area contributed by atoms with Gasteiger partial charge in [0.25, 0.3) is 0 Å². The second kappa shape index (κ2) is 17.8. The van der Waals surface area contributed by atoms with E-state index in [2.05, 4.69) is 61.8 Å². The lowest BCUT2D eigenvalue weighted by Gasteiger charge is -2.23. The highest BCUT2D eigenvalue weighted by molar-refractivity contribution is 7.99. The third kappa shape index (κ3) is 10.2. The lowest BCUT2D eigenvalue weighted by molar-refractivity contribution is 0.0955. The highest BCUT2D eigenvalue weighted by Gasteiger charge is 2.20. The van der Waals surface area contributed by atoms with Crippen LogP contribution in [0.5, 0.6) is 0 Å². The van der Waals surface area contributed by atoms with Crippen molar-refractivity contribution in [2.45, 2.75) is 108 Å². The van der Waals surface area contributed by atoms with E-state index >= 15 is 0 Å². The number of Topliss-reactive ketones (excluding diaryl/α,β-unsaturated/α-hetero) is 2. The molecule has 220 valence electrons. The molecule has 0 amide bonds. The highest BCUT2D eigenvalue weighted by atomic mass is 32.2. The first-order chi connectivity index (χ1) is 19.5. The van der Waals surface area contributed by atoms with Crippen LogP contribution in [0.1, 0.15) is 124 Å². The largest absolute Gasteiger partial charge is 0.303 e. The fraction of sp³-hybridized carbons (Fsp3) is 0.600. The van der Waals surface area contributed by atoms with Gasteiger partial charge in [-0.05, 0) is 93.7 Å². The predicted octanol–water partition coefficient (Wildman–Crippen LogP) is 8.69. The summed E-state index contributed by atoms with van der Waals surface area (Å²) in [6, 6.07) is 12.4. The van der Waals surface area contributed by atoms with Crippen molar-refractivity contribution in [1.82, 2.24) is 9.80 Å². The molecule has 0 unspecified atom stereocenters. The van der Waals surface area contributed by atoms with Gasteiger partial charge in [0, 0.05) is 46.8 Å². The van der Waals surface area contributed by atoms with Crippen LogP contribution in [0.4, 0.5) is 0 Å². The fourth-order valence-electron chi connectivity index (χ4n) is 5.31. The molecule has 1 aliphatic heterocycles. The van der Waals surface area contributed by atoms with Gasteiger partial charge in [-0.15, -0.1) is 0 Å². The van der Waals surface area contributed by atoms with Crippen molar-refractivity contribution in [1.29, 1.82) is 0 Å². The van der Waals surface area contributed by atoms with Crippen molar-refractivity contribution < 1.29 is 9.59 Å². The second-order valence-electron chi connectivity index (χ2n) is 11.4. The van der Waals surface area contributed by atoms with E-state index in [9.17, 15) is 9.59 Å². The molecular weight excluding hydrogens is 512 g/mol. The van der Waals surface area contributed by atoms with E-state index in [1.54, 1.807) is 11.8 Å². The molecular formula is C35H52N2O2S. The lowest BCUT2D eigenvalue weighted by atomic mass is 9.97. The summed E-state index contributed by atoms with van der Waals surface area (Å²) in [5.74, 6) is 0.465. The number of fused-ring (bicyclic) bond motifs is 2. The normalized spacial score (nSPS) is 12.6. The van der Waals surface area contributed by atoms with E-state index in [1.165, 1.54) is 72.3 Å². The number of carbonyl (C=O) groups excluding carboxylic acids is 2. The number of carbonyl (C=O) groups is 2. The molecule has 0 radical (unpaired) electrons. The summed E-state index contributed by atoms with van der Waals surface area (Å²) < 4.78 is 0. The average Bonchev–Trinajstić information content (AvgIpc) is 2.98. The van der Waals surface area contributed by atoms with Crippen molar-refractivity contribution in [3.63, 3.8) is 0 Å². The van der Waals surface area contributed by atoms with Crippen LogP contribution < -0.4 is 0 Å². The van der Waals surface area contributed by atoms with Gasteiger partial charge in [-0.25, -0.2) is 0 Å². The minimum Gasteiger partial charge on any atom is -0.303 e. The van der Waals surface area contributed by atoms with Crippen molar-refractivity contribution in [3.05, 3.63) is 58.7 Å². The Hall–Kier alpha value is -1.95. The Morgan fingerprint density at radius 3 is 1.32 bits per heavy atom. The standard InChI is InChI=1S/C35H52N2O2S/c1-5-9-19-36(20-10-6-2)23-17-32(38)28-13-15-34-30(25-28)27-31-26-29(14-16-35(31)40-34)33(39)18-24-37(21-11-7-3)22-12-8-4/h13-16,25-26H,5-12,17-24,27H2,1-4H3. The van der Waals surface area contributed by atoms with Crippen LogP contribution in [-0.2, 0) is 6.42 Å². The molecule has 2 aromatic rings. The number of nitrogens with zero attached hydrogens (tertiary/aromatic N) is 2. The van der Waals surface area contributed by atoms with E-state index in [0.717, 1.165) is 56.8 Å². The molecule has 4 nitrogen and oxygen atoms in total. The van der Waals surface area contributed by atoms with Crippen LogP contribution >= 0.6 is 11.8 Å². The molecule has 0 aromatic heterocycles. The van der Waals surface area contributed by atoms with Crippen molar-refractivity contribution >= 4 is 23.3 Å². The molecule has 1 aliphatic rings. The minimum absolute atomic E-state index is 0.233. The summed E-state index contributed by atoms with van der Waals surface area (Å²) in [6.45, 7) is 14.9. The Labute approximate surface area is 248 Å². The van der Waals surface area contributed by atoms with Crippen LogP contribution in [0.15, 0.2) is 46.2 Å². The Kier molecular flexibility index (Phi) is 14.5.